The molecule has 0 aromatic heterocycles. The first kappa shape index (κ1) is 13.8. The highest BCUT2D eigenvalue weighted by Gasteiger charge is 2.36. The molecule has 5 heteroatoms. The number of carbonyl (C=O) groups is 2. The van der Waals surface area contributed by atoms with Crippen LogP contribution in [0.25, 0.3) is 0 Å². The minimum atomic E-state index is -0.0857. The summed E-state index contributed by atoms with van der Waals surface area (Å²) in [7, 11) is 0. The Balaban J connectivity index is 1.51. The van der Waals surface area contributed by atoms with Gasteiger partial charge in [-0.05, 0) is 56.3 Å². The van der Waals surface area contributed by atoms with E-state index in [1.807, 2.05) is 23.1 Å². The lowest BCUT2D eigenvalue weighted by atomic mass is 10.1. The van der Waals surface area contributed by atoms with Crippen LogP contribution in [0.4, 0.5) is 11.4 Å². The molecular weight excluding hydrogens is 278 g/mol. The molecule has 0 spiro atoms. The molecular formula is C17H21N3O2. The second kappa shape index (κ2) is 5.39. The van der Waals surface area contributed by atoms with Crippen molar-refractivity contribution in [2.24, 2.45) is 5.92 Å². The zero-order valence-corrected chi connectivity index (χ0v) is 12.6. The average Bonchev–Trinajstić information content (AvgIpc) is 3.07. The van der Waals surface area contributed by atoms with Crippen molar-refractivity contribution in [3.05, 3.63) is 23.8 Å². The molecule has 1 atom stereocenters. The smallest absolute Gasteiger partial charge is 0.241 e. The van der Waals surface area contributed by atoms with Crippen LogP contribution < -0.4 is 15.5 Å². The molecule has 2 heterocycles. The molecule has 2 N–H and O–H groups in total. The molecule has 1 aromatic carbocycles. The third-order valence-corrected chi connectivity index (χ3v) is 4.82. The Bertz CT molecular complexity index is 618. The van der Waals surface area contributed by atoms with Gasteiger partial charge in [0.25, 0.3) is 0 Å². The van der Waals surface area contributed by atoms with E-state index in [2.05, 4.69) is 10.6 Å². The molecule has 0 unspecified atom stereocenters. The summed E-state index contributed by atoms with van der Waals surface area (Å²) in [4.78, 5) is 26.4. The Labute approximate surface area is 130 Å². The molecule has 1 saturated heterocycles. The number of nitrogens with one attached hydrogen (secondary N) is 2. The van der Waals surface area contributed by atoms with Crippen molar-refractivity contribution >= 4 is 23.2 Å². The van der Waals surface area contributed by atoms with Gasteiger partial charge in [-0.2, -0.15) is 0 Å². The summed E-state index contributed by atoms with van der Waals surface area (Å²) in [5.74, 6) is 0.502. The molecule has 0 bridgehead atoms. The molecule has 1 aliphatic carbocycles. The summed E-state index contributed by atoms with van der Waals surface area (Å²) in [5.41, 5.74) is 2.97. The Kier molecular flexibility index (Phi) is 3.37. The second-order valence-electron chi connectivity index (χ2n) is 6.50. The Morgan fingerprint density at radius 2 is 2.09 bits per heavy atom. The number of hydrogen-bond acceptors (Lipinski definition) is 3. The standard InChI is InChI=1S/C17H21N3O2/c21-16(14-2-1-8-18-14)19-13-6-5-11-7-9-20(15(11)10-13)17(22)12-3-4-12/h5-6,10,12,14,18H,1-4,7-9H2,(H,19,21)/t14-/m0/s1. The van der Waals surface area contributed by atoms with Crippen LogP contribution in [0, 0.1) is 5.92 Å². The lowest BCUT2D eigenvalue weighted by molar-refractivity contribution is -0.119. The number of hydrogen-bond donors (Lipinski definition) is 2. The van der Waals surface area contributed by atoms with Gasteiger partial charge in [0.2, 0.25) is 11.8 Å². The van der Waals surface area contributed by atoms with E-state index in [-0.39, 0.29) is 23.8 Å². The van der Waals surface area contributed by atoms with Crippen LogP contribution in [-0.4, -0.2) is 30.9 Å². The van der Waals surface area contributed by atoms with Gasteiger partial charge in [-0.15, -0.1) is 0 Å². The first-order valence-electron chi connectivity index (χ1n) is 8.21. The number of rotatable bonds is 3. The van der Waals surface area contributed by atoms with Crippen LogP contribution in [0.5, 0.6) is 0 Å². The fourth-order valence-corrected chi connectivity index (χ4v) is 3.37. The van der Waals surface area contributed by atoms with E-state index in [9.17, 15) is 9.59 Å². The topological polar surface area (TPSA) is 61.4 Å². The lowest BCUT2D eigenvalue weighted by Crippen LogP contribution is -2.35. The molecule has 22 heavy (non-hydrogen) atoms. The molecule has 5 nitrogen and oxygen atoms in total. The zero-order valence-electron chi connectivity index (χ0n) is 12.6. The normalized spacial score (nSPS) is 23.5. The summed E-state index contributed by atoms with van der Waals surface area (Å²) in [6.07, 6.45) is 4.89. The Morgan fingerprint density at radius 3 is 2.82 bits per heavy atom. The summed E-state index contributed by atoms with van der Waals surface area (Å²) >= 11 is 0. The van der Waals surface area contributed by atoms with Crippen LogP contribution in [0.2, 0.25) is 0 Å². The predicted molar refractivity (Wildman–Crippen MR) is 84.9 cm³/mol. The minimum Gasteiger partial charge on any atom is -0.325 e. The molecule has 2 amide bonds. The number of fused-ring (bicyclic) bond motifs is 1. The van der Waals surface area contributed by atoms with E-state index in [0.29, 0.717) is 0 Å². The SMILES string of the molecule is O=C(Nc1ccc2c(c1)N(C(=O)C1CC1)CC2)[C@@H]1CCCN1. The molecule has 4 rings (SSSR count). The molecule has 2 fully saturated rings. The van der Waals surface area contributed by atoms with Crippen molar-refractivity contribution in [3.63, 3.8) is 0 Å². The van der Waals surface area contributed by atoms with Gasteiger partial charge in [0.15, 0.2) is 0 Å². The molecule has 3 aliphatic rings. The maximum absolute atomic E-state index is 12.3. The number of carbonyl (C=O) groups excluding carboxylic acids is 2. The van der Waals surface area contributed by atoms with E-state index >= 15 is 0 Å². The summed E-state index contributed by atoms with van der Waals surface area (Å²) in [6, 6.07) is 5.84. The third kappa shape index (κ3) is 2.50. The number of amides is 2. The number of nitrogens with zero attached hydrogens (tertiary/aromatic N) is 1. The molecule has 0 radical (unpaired) electrons. The highest BCUT2D eigenvalue weighted by Crippen LogP contribution is 2.37. The van der Waals surface area contributed by atoms with Gasteiger partial charge in [0, 0.05) is 23.8 Å². The number of anilines is 2. The molecule has 116 valence electrons. The van der Waals surface area contributed by atoms with Crippen molar-refractivity contribution in [2.45, 2.75) is 38.1 Å². The maximum atomic E-state index is 12.3. The van der Waals surface area contributed by atoms with Crippen molar-refractivity contribution < 1.29 is 9.59 Å². The van der Waals surface area contributed by atoms with Gasteiger partial charge in [0.1, 0.15) is 0 Å². The quantitative estimate of drug-likeness (QED) is 0.892. The van der Waals surface area contributed by atoms with Crippen LogP contribution in [0.3, 0.4) is 0 Å². The minimum absolute atomic E-state index is 0.0236. The van der Waals surface area contributed by atoms with Crippen molar-refractivity contribution in [1.29, 1.82) is 0 Å². The monoisotopic (exact) mass is 299 g/mol. The van der Waals surface area contributed by atoms with Gasteiger partial charge in [0.05, 0.1) is 6.04 Å². The first-order valence-corrected chi connectivity index (χ1v) is 8.21. The largest absolute Gasteiger partial charge is 0.325 e. The van der Waals surface area contributed by atoms with E-state index in [1.165, 1.54) is 5.56 Å². The van der Waals surface area contributed by atoms with Gasteiger partial charge < -0.3 is 15.5 Å². The third-order valence-electron chi connectivity index (χ3n) is 4.82. The molecule has 2 aliphatic heterocycles. The average molecular weight is 299 g/mol. The van der Waals surface area contributed by atoms with E-state index in [1.54, 1.807) is 0 Å². The highest BCUT2D eigenvalue weighted by atomic mass is 16.2. The van der Waals surface area contributed by atoms with Gasteiger partial charge in [-0.25, -0.2) is 0 Å². The second-order valence-corrected chi connectivity index (χ2v) is 6.50. The van der Waals surface area contributed by atoms with E-state index < -0.39 is 0 Å². The molecule has 1 saturated carbocycles. The van der Waals surface area contributed by atoms with Crippen LogP contribution in [-0.2, 0) is 16.0 Å². The van der Waals surface area contributed by atoms with Crippen molar-refractivity contribution in [2.75, 3.05) is 23.3 Å². The number of benzene rings is 1. The fraction of sp³-hybridized carbons (Fsp3) is 0.529. The van der Waals surface area contributed by atoms with Crippen LogP contribution >= 0.6 is 0 Å². The maximum Gasteiger partial charge on any atom is 0.241 e. The van der Waals surface area contributed by atoms with Gasteiger partial charge in [-0.3, -0.25) is 9.59 Å². The Morgan fingerprint density at radius 1 is 1.23 bits per heavy atom. The van der Waals surface area contributed by atoms with Gasteiger partial charge in [-0.1, -0.05) is 6.07 Å². The zero-order chi connectivity index (χ0) is 15.1. The van der Waals surface area contributed by atoms with Crippen LogP contribution in [0.1, 0.15) is 31.2 Å². The van der Waals surface area contributed by atoms with Gasteiger partial charge >= 0.3 is 0 Å². The highest BCUT2D eigenvalue weighted by molar-refractivity contribution is 6.00. The van der Waals surface area contributed by atoms with E-state index in [4.69, 9.17) is 0 Å². The first-order chi connectivity index (χ1) is 10.7. The van der Waals surface area contributed by atoms with Crippen molar-refractivity contribution in [1.82, 2.24) is 5.32 Å². The lowest BCUT2D eigenvalue weighted by Gasteiger charge is -2.18. The summed E-state index contributed by atoms with van der Waals surface area (Å²) < 4.78 is 0. The predicted octanol–water partition coefficient (Wildman–Crippen LogP) is 1.68. The fourth-order valence-electron chi connectivity index (χ4n) is 3.37. The van der Waals surface area contributed by atoms with Crippen molar-refractivity contribution in [3.8, 4) is 0 Å². The Hall–Kier alpha value is -1.88. The summed E-state index contributed by atoms with van der Waals surface area (Å²) in [5, 5.41) is 6.18. The molecule has 1 aromatic rings. The van der Waals surface area contributed by atoms with Crippen LogP contribution in [0.15, 0.2) is 18.2 Å². The summed E-state index contributed by atoms with van der Waals surface area (Å²) in [6.45, 7) is 1.68. The van der Waals surface area contributed by atoms with E-state index in [0.717, 1.165) is 56.6 Å².